The first kappa shape index (κ1) is 14.8. The maximum atomic E-state index is 11.9. The fourth-order valence-electron chi connectivity index (χ4n) is 1.91. The molecule has 2 rings (SSSR count). The van der Waals surface area contributed by atoms with Crippen molar-refractivity contribution in [1.29, 1.82) is 0 Å². The van der Waals surface area contributed by atoms with Crippen LogP contribution in [0.5, 0.6) is 5.75 Å². The number of nitrogens with zero attached hydrogens (tertiary/aromatic N) is 1. The van der Waals surface area contributed by atoms with Gasteiger partial charge in [0.2, 0.25) is 0 Å². The third kappa shape index (κ3) is 4.49. The minimum atomic E-state index is -0.199. The SMILES string of the molecule is COc1ccc(CNC(=O)N[C@@H](C)c2ccncc2)cc1. The molecule has 0 saturated heterocycles. The second-order valence-electron chi connectivity index (χ2n) is 4.68. The molecule has 0 bridgehead atoms. The van der Waals surface area contributed by atoms with E-state index >= 15 is 0 Å². The van der Waals surface area contributed by atoms with E-state index in [1.807, 2.05) is 43.3 Å². The third-order valence-electron chi connectivity index (χ3n) is 3.17. The first-order chi connectivity index (χ1) is 10.2. The zero-order valence-electron chi connectivity index (χ0n) is 12.2. The average molecular weight is 285 g/mol. The lowest BCUT2D eigenvalue weighted by Crippen LogP contribution is -2.36. The van der Waals surface area contributed by atoms with Gasteiger partial charge in [0.25, 0.3) is 0 Å². The zero-order chi connectivity index (χ0) is 15.1. The molecule has 0 spiro atoms. The van der Waals surface area contributed by atoms with E-state index in [2.05, 4.69) is 15.6 Å². The van der Waals surface area contributed by atoms with Gasteiger partial charge in [-0.2, -0.15) is 0 Å². The smallest absolute Gasteiger partial charge is 0.315 e. The first-order valence-corrected chi connectivity index (χ1v) is 6.76. The Morgan fingerprint density at radius 3 is 2.48 bits per heavy atom. The van der Waals surface area contributed by atoms with Crippen LogP contribution in [0.1, 0.15) is 24.1 Å². The van der Waals surface area contributed by atoms with E-state index in [4.69, 9.17) is 4.74 Å². The highest BCUT2D eigenvalue weighted by molar-refractivity contribution is 5.74. The molecule has 1 atom stereocenters. The van der Waals surface area contributed by atoms with E-state index in [0.29, 0.717) is 6.54 Å². The summed E-state index contributed by atoms with van der Waals surface area (Å²) < 4.78 is 5.09. The molecule has 110 valence electrons. The Morgan fingerprint density at radius 1 is 1.19 bits per heavy atom. The van der Waals surface area contributed by atoms with Crippen LogP contribution in [0.2, 0.25) is 0 Å². The van der Waals surface area contributed by atoms with Gasteiger partial charge < -0.3 is 15.4 Å². The number of nitrogens with one attached hydrogen (secondary N) is 2. The molecule has 5 heteroatoms. The quantitative estimate of drug-likeness (QED) is 0.887. The standard InChI is InChI=1S/C16H19N3O2/c1-12(14-7-9-17-10-8-14)19-16(20)18-11-13-3-5-15(21-2)6-4-13/h3-10,12H,11H2,1-2H3,(H2,18,19,20)/t12-/m0/s1. The summed E-state index contributed by atoms with van der Waals surface area (Å²) in [6.45, 7) is 2.40. The fraction of sp³-hybridized carbons (Fsp3) is 0.250. The predicted molar refractivity (Wildman–Crippen MR) is 81.0 cm³/mol. The van der Waals surface area contributed by atoms with Crippen LogP contribution in [0.25, 0.3) is 0 Å². The minimum Gasteiger partial charge on any atom is -0.497 e. The number of carbonyl (C=O) groups is 1. The third-order valence-corrected chi connectivity index (χ3v) is 3.17. The lowest BCUT2D eigenvalue weighted by molar-refractivity contribution is 0.237. The molecule has 1 aromatic heterocycles. The summed E-state index contributed by atoms with van der Waals surface area (Å²) in [6, 6.07) is 11.1. The van der Waals surface area contributed by atoms with Gasteiger partial charge in [0.05, 0.1) is 13.2 Å². The van der Waals surface area contributed by atoms with Gasteiger partial charge >= 0.3 is 6.03 Å². The summed E-state index contributed by atoms with van der Waals surface area (Å²) in [4.78, 5) is 15.8. The first-order valence-electron chi connectivity index (χ1n) is 6.76. The number of urea groups is 1. The maximum absolute atomic E-state index is 11.9. The molecular weight excluding hydrogens is 266 g/mol. The van der Waals surface area contributed by atoms with Gasteiger partial charge in [0.1, 0.15) is 5.75 Å². The van der Waals surface area contributed by atoms with Gasteiger partial charge in [-0.05, 0) is 42.3 Å². The fourth-order valence-corrected chi connectivity index (χ4v) is 1.91. The molecule has 0 aliphatic carbocycles. The molecule has 0 radical (unpaired) electrons. The molecule has 0 saturated carbocycles. The second kappa shape index (κ2) is 7.28. The summed E-state index contributed by atoms with van der Waals surface area (Å²) >= 11 is 0. The van der Waals surface area contributed by atoms with E-state index in [1.165, 1.54) is 0 Å². The molecule has 2 aromatic rings. The van der Waals surface area contributed by atoms with Crippen molar-refractivity contribution in [2.45, 2.75) is 19.5 Å². The van der Waals surface area contributed by atoms with Crippen molar-refractivity contribution >= 4 is 6.03 Å². The van der Waals surface area contributed by atoms with Gasteiger partial charge in [0.15, 0.2) is 0 Å². The van der Waals surface area contributed by atoms with Crippen LogP contribution < -0.4 is 15.4 Å². The number of benzene rings is 1. The molecule has 0 aliphatic heterocycles. The molecular formula is C16H19N3O2. The van der Waals surface area contributed by atoms with Crippen molar-refractivity contribution in [2.24, 2.45) is 0 Å². The van der Waals surface area contributed by atoms with Crippen LogP contribution in [0, 0.1) is 0 Å². The minimum absolute atomic E-state index is 0.0659. The Bertz CT molecular complexity index is 570. The number of ether oxygens (including phenoxy) is 1. The largest absolute Gasteiger partial charge is 0.497 e. The summed E-state index contributed by atoms with van der Waals surface area (Å²) in [7, 11) is 1.63. The number of amides is 2. The van der Waals surface area contributed by atoms with Gasteiger partial charge in [-0.1, -0.05) is 12.1 Å². The highest BCUT2D eigenvalue weighted by atomic mass is 16.5. The van der Waals surface area contributed by atoms with Gasteiger partial charge in [0, 0.05) is 18.9 Å². The molecule has 21 heavy (non-hydrogen) atoms. The van der Waals surface area contributed by atoms with Gasteiger partial charge in [-0.25, -0.2) is 4.79 Å². The normalized spacial score (nSPS) is 11.5. The summed E-state index contributed by atoms with van der Waals surface area (Å²) in [6.07, 6.45) is 3.42. The number of rotatable bonds is 5. The Morgan fingerprint density at radius 2 is 1.86 bits per heavy atom. The van der Waals surface area contributed by atoms with Crippen LogP contribution >= 0.6 is 0 Å². The van der Waals surface area contributed by atoms with E-state index in [1.54, 1.807) is 19.5 Å². The Balaban J connectivity index is 1.81. The second-order valence-corrected chi connectivity index (χ2v) is 4.68. The predicted octanol–water partition coefficient (Wildman–Crippen LogP) is 2.65. The van der Waals surface area contributed by atoms with E-state index in [-0.39, 0.29) is 12.1 Å². The van der Waals surface area contributed by atoms with Crippen LogP contribution in [0.4, 0.5) is 4.79 Å². The molecule has 1 heterocycles. The topological polar surface area (TPSA) is 63.2 Å². The van der Waals surface area contributed by atoms with Crippen molar-refractivity contribution in [1.82, 2.24) is 15.6 Å². The van der Waals surface area contributed by atoms with E-state index in [0.717, 1.165) is 16.9 Å². The number of hydrogen-bond donors (Lipinski definition) is 2. The van der Waals surface area contributed by atoms with Crippen molar-refractivity contribution < 1.29 is 9.53 Å². The van der Waals surface area contributed by atoms with Crippen molar-refractivity contribution in [3.05, 3.63) is 59.9 Å². The lowest BCUT2D eigenvalue weighted by atomic mass is 10.1. The Hall–Kier alpha value is -2.56. The highest BCUT2D eigenvalue weighted by Crippen LogP contribution is 2.11. The van der Waals surface area contributed by atoms with Crippen LogP contribution in [-0.2, 0) is 6.54 Å². The van der Waals surface area contributed by atoms with Crippen molar-refractivity contribution in [2.75, 3.05) is 7.11 Å². The number of pyridine rings is 1. The molecule has 0 unspecified atom stereocenters. The molecule has 0 aliphatic rings. The number of hydrogen-bond acceptors (Lipinski definition) is 3. The molecule has 0 fully saturated rings. The maximum Gasteiger partial charge on any atom is 0.315 e. The number of carbonyl (C=O) groups excluding carboxylic acids is 1. The Labute approximate surface area is 124 Å². The van der Waals surface area contributed by atoms with Crippen molar-refractivity contribution in [3.8, 4) is 5.75 Å². The summed E-state index contributed by atoms with van der Waals surface area (Å²) in [5, 5.41) is 5.72. The molecule has 2 amide bonds. The van der Waals surface area contributed by atoms with Crippen molar-refractivity contribution in [3.63, 3.8) is 0 Å². The van der Waals surface area contributed by atoms with E-state index < -0.39 is 0 Å². The molecule has 5 nitrogen and oxygen atoms in total. The molecule has 2 N–H and O–H groups in total. The highest BCUT2D eigenvalue weighted by Gasteiger charge is 2.08. The van der Waals surface area contributed by atoms with E-state index in [9.17, 15) is 4.79 Å². The zero-order valence-corrected chi connectivity index (χ0v) is 12.2. The summed E-state index contributed by atoms with van der Waals surface area (Å²) in [5.74, 6) is 0.800. The average Bonchev–Trinajstić information content (AvgIpc) is 2.54. The van der Waals surface area contributed by atoms with Crippen LogP contribution in [0.3, 0.4) is 0 Å². The van der Waals surface area contributed by atoms with Gasteiger partial charge in [-0.3, -0.25) is 4.98 Å². The number of methoxy groups -OCH3 is 1. The van der Waals surface area contributed by atoms with Gasteiger partial charge in [-0.15, -0.1) is 0 Å². The number of aromatic nitrogens is 1. The molecule has 1 aromatic carbocycles. The Kier molecular flexibility index (Phi) is 5.15. The summed E-state index contributed by atoms with van der Waals surface area (Å²) in [5.41, 5.74) is 2.03. The van der Waals surface area contributed by atoms with Crippen LogP contribution in [0.15, 0.2) is 48.8 Å². The van der Waals surface area contributed by atoms with Crippen LogP contribution in [-0.4, -0.2) is 18.1 Å². The lowest BCUT2D eigenvalue weighted by Gasteiger charge is -2.15. The monoisotopic (exact) mass is 285 g/mol.